The van der Waals surface area contributed by atoms with Crippen LogP contribution in [0.4, 0.5) is 11.4 Å². The number of non-ortho nitro benzene ring substituents is 1. The maximum absolute atomic E-state index is 12.1. The van der Waals surface area contributed by atoms with E-state index in [1.807, 2.05) is 0 Å². The third-order valence-electron chi connectivity index (χ3n) is 3.07. The molecule has 0 aliphatic carbocycles. The average Bonchev–Trinajstić information content (AvgIpc) is 2.55. The van der Waals surface area contributed by atoms with Gasteiger partial charge in [-0.25, -0.2) is 4.79 Å². The molecule has 1 amide bonds. The number of amides is 1. The maximum atomic E-state index is 12.1. The van der Waals surface area contributed by atoms with Crippen LogP contribution in [0, 0.1) is 10.1 Å². The van der Waals surface area contributed by atoms with Gasteiger partial charge in [0.25, 0.3) is 11.6 Å². The van der Waals surface area contributed by atoms with E-state index in [1.54, 1.807) is 12.1 Å². The van der Waals surface area contributed by atoms with Crippen molar-refractivity contribution < 1.29 is 19.2 Å². The van der Waals surface area contributed by atoms with Gasteiger partial charge in [0, 0.05) is 17.8 Å². The Morgan fingerprint density at radius 2 is 1.92 bits per heavy atom. The number of ether oxygens (including phenoxy) is 1. The summed E-state index contributed by atoms with van der Waals surface area (Å²) in [7, 11) is 0. The number of nitrogens with one attached hydrogen (secondary N) is 1. The first-order chi connectivity index (χ1) is 11.4. The highest BCUT2D eigenvalue weighted by atomic mass is 35.5. The fourth-order valence-corrected chi connectivity index (χ4v) is 2.06. The second-order valence-corrected chi connectivity index (χ2v) is 5.23. The van der Waals surface area contributed by atoms with Crippen LogP contribution in [-0.4, -0.2) is 22.9 Å². The molecular weight excluding hydrogens is 336 g/mol. The van der Waals surface area contributed by atoms with Crippen molar-refractivity contribution in [2.75, 3.05) is 5.32 Å². The molecule has 0 unspecified atom stereocenters. The predicted molar refractivity (Wildman–Crippen MR) is 88.1 cm³/mol. The van der Waals surface area contributed by atoms with Crippen molar-refractivity contribution in [2.24, 2.45) is 0 Å². The number of hydrogen-bond donors (Lipinski definition) is 1. The van der Waals surface area contributed by atoms with E-state index in [4.69, 9.17) is 16.3 Å². The molecular formula is C16H13ClN2O5. The number of nitrogens with zero attached hydrogens (tertiary/aromatic N) is 1. The number of carbonyl (C=O) groups excluding carboxylic acids is 2. The summed E-state index contributed by atoms with van der Waals surface area (Å²) in [6.07, 6.45) is -1.10. The highest BCUT2D eigenvalue weighted by Crippen LogP contribution is 2.19. The first-order valence-corrected chi connectivity index (χ1v) is 7.27. The summed E-state index contributed by atoms with van der Waals surface area (Å²) in [5.74, 6) is -1.35. The van der Waals surface area contributed by atoms with Crippen molar-refractivity contribution in [3.05, 3.63) is 69.2 Å². The van der Waals surface area contributed by atoms with Crippen LogP contribution in [0.5, 0.6) is 0 Å². The molecule has 2 aromatic rings. The van der Waals surface area contributed by atoms with Crippen LogP contribution >= 0.6 is 11.6 Å². The zero-order chi connectivity index (χ0) is 17.7. The number of hydrogen-bond acceptors (Lipinski definition) is 5. The van der Waals surface area contributed by atoms with Gasteiger partial charge >= 0.3 is 5.97 Å². The molecule has 0 fully saturated rings. The molecule has 2 rings (SSSR count). The summed E-state index contributed by atoms with van der Waals surface area (Å²) in [4.78, 5) is 34.2. The number of nitro groups is 1. The molecule has 0 aromatic heterocycles. The van der Waals surface area contributed by atoms with Gasteiger partial charge in [-0.05, 0) is 25.1 Å². The molecule has 1 atom stereocenters. The lowest BCUT2D eigenvalue weighted by molar-refractivity contribution is -0.384. The van der Waals surface area contributed by atoms with Gasteiger partial charge in [-0.15, -0.1) is 0 Å². The Labute approximate surface area is 142 Å². The van der Waals surface area contributed by atoms with Gasteiger partial charge < -0.3 is 10.1 Å². The summed E-state index contributed by atoms with van der Waals surface area (Å²) in [5.41, 5.74) is 0.220. The summed E-state index contributed by atoms with van der Waals surface area (Å²) in [5, 5.41) is 13.4. The molecule has 0 aliphatic heterocycles. The standard InChI is InChI=1S/C16H13ClN2O5/c1-10(24-16(21)13-7-2-3-8-14(13)17)15(20)18-11-5-4-6-12(9-11)19(22)23/h2-10H,1H3,(H,18,20)/t10-/m1/s1. The molecule has 0 saturated heterocycles. The highest BCUT2D eigenvalue weighted by molar-refractivity contribution is 6.33. The Balaban J connectivity index is 2.02. The Kier molecular flexibility index (Phi) is 5.49. The van der Waals surface area contributed by atoms with Gasteiger partial charge in [0.1, 0.15) is 0 Å². The van der Waals surface area contributed by atoms with E-state index >= 15 is 0 Å². The Hall–Kier alpha value is -2.93. The van der Waals surface area contributed by atoms with Gasteiger partial charge in [-0.2, -0.15) is 0 Å². The molecule has 0 heterocycles. The summed E-state index contributed by atoms with van der Waals surface area (Å²) < 4.78 is 5.06. The van der Waals surface area contributed by atoms with Crippen LogP contribution in [0.25, 0.3) is 0 Å². The van der Waals surface area contributed by atoms with Crippen LogP contribution in [-0.2, 0) is 9.53 Å². The van der Waals surface area contributed by atoms with Crippen molar-refractivity contribution in [3.8, 4) is 0 Å². The lowest BCUT2D eigenvalue weighted by Crippen LogP contribution is -2.30. The van der Waals surface area contributed by atoms with Gasteiger partial charge in [-0.1, -0.05) is 29.8 Å². The summed E-state index contributed by atoms with van der Waals surface area (Å²) in [6.45, 7) is 1.39. The first-order valence-electron chi connectivity index (χ1n) is 6.89. The Morgan fingerprint density at radius 1 is 1.21 bits per heavy atom. The van der Waals surface area contributed by atoms with Crippen molar-refractivity contribution in [2.45, 2.75) is 13.0 Å². The van der Waals surface area contributed by atoms with Crippen LogP contribution in [0.2, 0.25) is 5.02 Å². The molecule has 1 N–H and O–H groups in total. The monoisotopic (exact) mass is 348 g/mol. The van der Waals surface area contributed by atoms with Crippen molar-refractivity contribution in [1.82, 2.24) is 0 Å². The summed E-state index contributed by atoms with van der Waals surface area (Å²) >= 11 is 5.89. The van der Waals surface area contributed by atoms with Crippen LogP contribution in [0.15, 0.2) is 48.5 Å². The molecule has 0 bridgehead atoms. The minimum Gasteiger partial charge on any atom is -0.449 e. The number of halogens is 1. The van der Waals surface area contributed by atoms with E-state index in [-0.39, 0.29) is 22.0 Å². The number of esters is 1. The third-order valence-corrected chi connectivity index (χ3v) is 3.40. The molecule has 0 spiro atoms. The Bertz CT molecular complexity index is 794. The SMILES string of the molecule is C[C@@H](OC(=O)c1ccccc1Cl)C(=O)Nc1cccc([N+](=O)[O-])c1. The lowest BCUT2D eigenvalue weighted by atomic mass is 10.2. The molecule has 7 nitrogen and oxygen atoms in total. The minimum atomic E-state index is -1.10. The summed E-state index contributed by atoms with van der Waals surface area (Å²) in [6, 6.07) is 11.7. The molecule has 0 aliphatic rings. The number of anilines is 1. The quantitative estimate of drug-likeness (QED) is 0.507. The topological polar surface area (TPSA) is 98.5 Å². The number of nitro benzene ring substituents is 1. The Morgan fingerprint density at radius 3 is 2.58 bits per heavy atom. The fraction of sp³-hybridized carbons (Fsp3) is 0.125. The second-order valence-electron chi connectivity index (χ2n) is 4.82. The molecule has 8 heteroatoms. The molecule has 124 valence electrons. The van der Waals surface area contributed by atoms with E-state index in [2.05, 4.69) is 5.32 Å². The van der Waals surface area contributed by atoms with Gasteiger partial charge in [0.05, 0.1) is 15.5 Å². The van der Waals surface area contributed by atoms with Crippen molar-refractivity contribution in [3.63, 3.8) is 0 Å². The van der Waals surface area contributed by atoms with E-state index in [9.17, 15) is 19.7 Å². The molecule has 0 saturated carbocycles. The molecule has 0 radical (unpaired) electrons. The highest BCUT2D eigenvalue weighted by Gasteiger charge is 2.21. The normalized spacial score (nSPS) is 11.4. The third kappa shape index (κ3) is 4.30. The van der Waals surface area contributed by atoms with Crippen LogP contribution < -0.4 is 5.32 Å². The number of rotatable bonds is 5. The minimum absolute atomic E-state index is 0.147. The average molecular weight is 349 g/mol. The molecule has 24 heavy (non-hydrogen) atoms. The zero-order valence-corrected chi connectivity index (χ0v) is 13.3. The lowest BCUT2D eigenvalue weighted by Gasteiger charge is -2.14. The van der Waals surface area contributed by atoms with Gasteiger partial charge in [0.15, 0.2) is 6.10 Å². The first kappa shape index (κ1) is 17.4. The van der Waals surface area contributed by atoms with Crippen molar-refractivity contribution in [1.29, 1.82) is 0 Å². The number of carbonyl (C=O) groups is 2. The van der Waals surface area contributed by atoms with E-state index < -0.39 is 22.9 Å². The number of benzene rings is 2. The predicted octanol–water partition coefficient (Wildman–Crippen LogP) is 3.43. The van der Waals surface area contributed by atoms with E-state index in [1.165, 1.54) is 43.3 Å². The largest absolute Gasteiger partial charge is 0.449 e. The zero-order valence-electron chi connectivity index (χ0n) is 12.6. The fourth-order valence-electron chi connectivity index (χ4n) is 1.85. The van der Waals surface area contributed by atoms with Crippen LogP contribution in [0.3, 0.4) is 0 Å². The van der Waals surface area contributed by atoms with E-state index in [0.29, 0.717) is 0 Å². The van der Waals surface area contributed by atoms with Crippen LogP contribution in [0.1, 0.15) is 17.3 Å². The smallest absolute Gasteiger partial charge is 0.340 e. The molecule has 2 aromatic carbocycles. The van der Waals surface area contributed by atoms with E-state index in [0.717, 1.165) is 0 Å². The maximum Gasteiger partial charge on any atom is 0.340 e. The van der Waals surface area contributed by atoms with Gasteiger partial charge in [0.2, 0.25) is 0 Å². The van der Waals surface area contributed by atoms with Crippen molar-refractivity contribution >= 4 is 34.9 Å². The second kappa shape index (κ2) is 7.56. The van der Waals surface area contributed by atoms with Gasteiger partial charge in [-0.3, -0.25) is 14.9 Å².